The van der Waals surface area contributed by atoms with Crippen molar-refractivity contribution in [2.45, 2.75) is 44.6 Å². The molecule has 1 aromatic heterocycles. The molecule has 0 unspecified atom stereocenters. The monoisotopic (exact) mass is 415 g/mol. The van der Waals surface area contributed by atoms with Crippen molar-refractivity contribution in [1.29, 1.82) is 0 Å². The number of anilines is 1. The second-order valence-corrected chi connectivity index (χ2v) is 9.96. The minimum absolute atomic E-state index is 0.0618. The third kappa shape index (κ3) is 6.03. The topological polar surface area (TPSA) is 79.4 Å². The summed E-state index contributed by atoms with van der Waals surface area (Å²) in [5.41, 5.74) is 1.89. The van der Waals surface area contributed by atoms with Gasteiger partial charge in [-0.3, -0.25) is 4.79 Å². The van der Waals surface area contributed by atoms with E-state index in [-0.39, 0.29) is 23.0 Å². The Kier molecular flexibility index (Phi) is 6.90. The van der Waals surface area contributed by atoms with E-state index in [4.69, 9.17) is 0 Å². The Morgan fingerprint density at radius 1 is 1.14 bits per heavy atom. The Bertz CT molecular complexity index is 917. The van der Waals surface area contributed by atoms with Crippen molar-refractivity contribution < 1.29 is 13.2 Å². The zero-order chi connectivity index (χ0) is 20.9. The molecule has 2 heterocycles. The van der Waals surface area contributed by atoms with Crippen LogP contribution in [0, 0.1) is 12.8 Å². The van der Waals surface area contributed by atoms with Crippen LogP contribution in [0.2, 0.25) is 0 Å². The van der Waals surface area contributed by atoms with Crippen LogP contribution in [0.25, 0.3) is 0 Å². The first kappa shape index (κ1) is 21.3. The first-order valence-corrected chi connectivity index (χ1v) is 11.7. The van der Waals surface area contributed by atoms with Gasteiger partial charge in [0.25, 0.3) is 0 Å². The number of piperidine rings is 1. The van der Waals surface area contributed by atoms with Gasteiger partial charge in [-0.1, -0.05) is 30.7 Å². The molecule has 0 atom stereocenters. The molecule has 2 aromatic rings. The van der Waals surface area contributed by atoms with E-state index in [1.807, 2.05) is 19.1 Å². The van der Waals surface area contributed by atoms with Gasteiger partial charge >= 0.3 is 0 Å². The van der Waals surface area contributed by atoms with Gasteiger partial charge in [-0.25, -0.2) is 13.4 Å². The molecule has 1 fully saturated rings. The summed E-state index contributed by atoms with van der Waals surface area (Å²) in [6.45, 7) is 6.58. The number of nitrogens with one attached hydrogen (secondary N) is 1. The number of nitrogens with zero attached hydrogens (tertiary/aromatic N) is 2. The number of carbonyl (C=O) groups excluding carboxylic acids is 1. The second kappa shape index (κ2) is 9.39. The smallest absolute Gasteiger partial charge is 0.221 e. The average Bonchev–Trinajstić information content (AvgIpc) is 2.72. The van der Waals surface area contributed by atoms with Crippen LogP contribution in [0.15, 0.2) is 47.5 Å². The van der Waals surface area contributed by atoms with Gasteiger partial charge in [0, 0.05) is 32.3 Å². The zero-order valence-electron chi connectivity index (χ0n) is 17.1. The van der Waals surface area contributed by atoms with Gasteiger partial charge in [0.05, 0.1) is 10.6 Å². The number of pyridine rings is 1. The third-order valence-corrected chi connectivity index (χ3v) is 7.12. The van der Waals surface area contributed by atoms with E-state index in [2.05, 4.69) is 22.1 Å². The molecule has 1 amide bonds. The maximum Gasteiger partial charge on any atom is 0.221 e. The molecule has 29 heavy (non-hydrogen) atoms. The summed E-state index contributed by atoms with van der Waals surface area (Å²) < 4.78 is 24.7. The van der Waals surface area contributed by atoms with Crippen LogP contribution in [0.1, 0.15) is 37.3 Å². The number of amides is 1. The highest BCUT2D eigenvalue weighted by Gasteiger charge is 2.18. The lowest BCUT2D eigenvalue weighted by molar-refractivity contribution is -0.120. The Morgan fingerprint density at radius 3 is 2.45 bits per heavy atom. The fourth-order valence-corrected chi connectivity index (χ4v) is 4.57. The van der Waals surface area contributed by atoms with E-state index in [1.54, 1.807) is 30.5 Å². The highest BCUT2D eigenvalue weighted by atomic mass is 32.2. The maximum atomic E-state index is 12.3. The van der Waals surface area contributed by atoms with Crippen molar-refractivity contribution in [3.63, 3.8) is 0 Å². The van der Waals surface area contributed by atoms with E-state index in [0.29, 0.717) is 6.54 Å². The third-order valence-electron chi connectivity index (χ3n) is 5.38. The predicted molar refractivity (Wildman–Crippen MR) is 115 cm³/mol. The van der Waals surface area contributed by atoms with Crippen molar-refractivity contribution in [3.8, 4) is 0 Å². The van der Waals surface area contributed by atoms with E-state index < -0.39 is 9.84 Å². The number of hydrogen-bond acceptors (Lipinski definition) is 5. The number of aryl methyl sites for hydroxylation is 1. The normalized spacial score (nSPS) is 15.3. The summed E-state index contributed by atoms with van der Waals surface area (Å²) in [5.74, 6) is 1.26. The number of sulfone groups is 1. The van der Waals surface area contributed by atoms with E-state index >= 15 is 0 Å². The van der Waals surface area contributed by atoms with Crippen molar-refractivity contribution in [3.05, 3.63) is 53.7 Å². The van der Waals surface area contributed by atoms with E-state index in [9.17, 15) is 13.2 Å². The van der Waals surface area contributed by atoms with Gasteiger partial charge in [0.2, 0.25) is 5.91 Å². The molecule has 0 spiro atoms. The Labute approximate surface area is 173 Å². The van der Waals surface area contributed by atoms with Crippen LogP contribution < -0.4 is 10.2 Å². The van der Waals surface area contributed by atoms with Gasteiger partial charge in [-0.2, -0.15) is 0 Å². The SMILES string of the molecule is Cc1ccc(S(=O)(=O)CCC(=O)NCc2ccc(N3CCC(C)CC3)nc2)cc1. The molecular weight excluding hydrogens is 386 g/mol. The van der Waals surface area contributed by atoms with Crippen LogP contribution in [0.5, 0.6) is 0 Å². The van der Waals surface area contributed by atoms with Crippen molar-refractivity contribution in [2.75, 3.05) is 23.7 Å². The predicted octanol–water partition coefficient (Wildman–Crippen LogP) is 3.11. The first-order chi connectivity index (χ1) is 13.8. The van der Waals surface area contributed by atoms with E-state index in [1.165, 1.54) is 12.8 Å². The lowest BCUT2D eigenvalue weighted by atomic mass is 9.99. The largest absolute Gasteiger partial charge is 0.357 e. The fourth-order valence-electron chi connectivity index (χ4n) is 3.33. The molecule has 1 saturated heterocycles. The number of carbonyl (C=O) groups is 1. The first-order valence-electron chi connectivity index (χ1n) is 10.1. The minimum Gasteiger partial charge on any atom is -0.357 e. The number of aromatic nitrogens is 1. The maximum absolute atomic E-state index is 12.3. The van der Waals surface area contributed by atoms with Crippen LogP contribution >= 0.6 is 0 Å². The fraction of sp³-hybridized carbons (Fsp3) is 0.455. The number of benzene rings is 1. The van der Waals surface area contributed by atoms with Crippen LogP contribution in [-0.4, -0.2) is 38.2 Å². The summed E-state index contributed by atoms with van der Waals surface area (Å²) in [7, 11) is -3.46. The highest BCUT2D eigenvalue weighted by Crippen LogP contribution is 2.21. The molecule has 7 heteroatoms. The molecule has 1 aliphatic rings. The Balaban J connectivity index is 1.46. The molecule has 0 aliphatic carbocycles. The Hall–Kier alpha value is -2.41. The summed E-state index contributed by atoms with van der Waals surface area (Å²) in [4.78, 5) is 19.1. The number of rotatable bonds is 7. The summed E-state index contributed by atoms with van der Waals surface area (Å²) >= 11 is 0. The highest BCUT2D eigenvalue weighted by molar-refractivity contribution is 7.91. The average molecular weight is 416 g/mol. The molecule has 0 saturated carbocycles. The lowest BCUT2D eigenvalue weighted by Gasteiger charge is -2.31. The van der Waals surface area contributed by atoms with Gasteiger partial charge < -0.3 is 10.2 Å². The molecule has 0 radical (unpaired) electrons. The quantitative estimate of drug-likeness (QED) is 0.752. The second-order valence-electron chi connectivity index (χ2n) is 7.85. The van der Waals surface area contributed by atoms with Crippen molar-refractivity contribution in [1.82, 2.24) is 10.3 Å². The number of hydrogen-bond donors (Lipinski definition) is 1. The van der Waals surface area contributed by atoms with Crippen molar-refractivity contribution >= 4 is 21.6 Å². The zero-order valence-corrected chi connectivity index (χ0v) is 17.9. The van der Waals surface area contributed by atoms with Crippen LogP contribution in [-0.2, 0) is 21.2 Å². The summed E-state index contributed by atoms with van der Waals surface area (Å²) in [6, 6.07) is 10.6. The summed E-state index contributed by atoms with van der Waals surface area (Å²) in [5, 5.41) is 2.78. The minimum atomic E-state index is -3.46. The van der Waals surface area contributed by atoms with Crippen molar-refractivity contribution in [2.24, 2.45) is 5.92 Å². The van der Waals surface area contributed by atoms with Gasteiger partial charge in [-0.05, 0) is 49.4 Å². The molecule has 3 rings (SSSR count). The molecule has 1 aromatic carbocycles. The molecule has 1 N–H and O–H groups in total. The molecule has 156 valence electrons. The van der Waals surface area contributed by atoms with Gasteiger partial charge in [0.1, 0.15) is 5.82 Å². The van der Waals surface area contributed by atoms with Crippen LogP contribution in [0.4, 0.5) is 5.82 Å². The molecular formula is C22H29N3O3S. The molecule has 0 bridgehead atoms. The Morgan fingerprint density at radius 2 is 1.83 bits per heavy atom. The van der Waals surface area contributed by atoms with Gasteiger partial charge in [0.15, 0.2) is 9.84 Å². The molecule has 6 nitrogen and oxygen atoms in total. The standard InChI is InChI=1S/C22H29N3O3S/c1-17-3-6-20(7-4-17)29(27,28)14-11-22(26)24-16-19-5-8-21(23-15-19)25-12-9-18(2)10-13-25/h3-8,15,18H,9-14,16H2,1-2H3,(H,24,26). The summed E-state index contributed by atoms with van der Waals surface area (Å²) in [6.07, 6.45) is 4.08. The molecule has 1 aliphatic heterocycles. The van der Waals surface area contributed by atoms with E-state index in [0.717, 1.165) is 36.0 Å². The lowest BCUT2D eigenvalue weighted by Crippen LogP contribution is -2.33. The van der Waals surface area contributed by atoms with Gasteiger partial charge in [-0.15, -0.1) is 0 Å². The van der Waals surface area contributed by atoms with Crippen LogP contribution in [0.3, 0.4) is 0 Å².